The van der Waals surface area contributed by atoms with Crippen LogP contribution in [-0.4, -0.2) is 22.4 Å². The molecule has 0 saturated carbocycles. The molecule has 0 aromatic carbocycles. The smallest absolute Gasteiger partial charge is 0.250 e. The Bertz CT molecular complexity index is 553. The van der Waals surface area contributed by atoms with Gasteiger partial charge in [0.2, 0.25) is 0 Å². The molecule has 0 atom stereocenters. The van der Waals surface area contributed by atoms with Crippen LogP contribution in [0.3, 0.4) is 0 Å². The molecule has 0 amide bonds. The molecule has 20 heavy (non-hydrogen) atoms. The molecular weight excluding hydrogens is 252 g/mol. The van der Waals surface area contributed by atoms with Crippen molar-refractivity contribution in [2.75, 3.05) is 6.54 Å². The Morgan fingerprint density at radius 3 is 2.65 bits per heavy atom. The SMILES string of the molecule is CC(C)(C)NCCCn1c2c(ccc1=O)C(=O)CCC2. The number of nitrogens with zero attached hydrogens (tertiary/aromatic N) is 1. The van der Waals surface area contributed by atoms with E-state index in [9.17, 15) is 9.59 Å². The summed E-state index contributed by atoms with van der Waals surface area (Å²) in [6.45, 7) is 7.93. The van der Waals surface area contributed by atoms with Gasteiger partial charge in [-0.05, 0) is 52.6 Å². The molecule has 110 valence electrons. The highest BCUT2D eigenvalue weighted by Gasteiger charge is 2.20. The van der Waals surface area contributed by atoms with E-state index >= 15 is 0 Å². The lowest BCUT2D eigenvalue weighted by Gasteiger charge is -2.22. The first-order valence-electron chi connectivity index (χ1n) is 7.39. The average molecular weight is 276 g/mol. The number of fused-ring (bicyclic) bond motifs is 1. The second-order valence-corrected chi connectivity index (χ2v) is 6.49. The maximum atomic E-state index is 12.0. The lowest BCUT2D eigenvalue weighted by Crippen LogP contribution is -2.37. The van der Waals surface area contributed by atoms with Crippen LogP contribution in [0.5, 0.6) is 0 Å². The molecule has 0 fully saturated rings. The van der Waals surface area contributed by atoms with Crippen molar-refractivity contribution in [3.05, 3.63) is 33.7 Å². The number of nitrogens with one attached hydrogen (secondary N) is 1. The number of carbonyl (C=O) groups excluding carboxylic acids is 1. The molecule has 1 aliphatic rings. The fourth-order valence-electron chi connectivity index (χ4n) is 2.64. The summed E-state index contributed by atoms with van der Waals surface area (Å²) in [4.78, 5) is 23.9. The minimum atomic E-state index is 0.00853. The lowest BCUT2D eigenvalue weighted by molar-refractivity contribution is 0.0970. The van der Waals surface area contributed by atoms with Crippen molar-refractivity contribution in [1.29, 1.82) is 0 Å². The molecule has 1 heterocycles. The Hall–Kier alpha value is -1.42. The lowest BCUT2D eigenvalue weighted by atomic mass is 9.94. The molecule has 0 aliphatic heterocycles. The third kappa shape index (κ3) is 3.57. The molecule has 0 spiro atoms. The summed E-state index contributed by atoms with van der Waals surface area (Å²) >= 11 is 0. The van der Waals surface area contributed by atoms with Crippen molar-refractivity contribution in [2.45, 2.75) is 58.5 Å². The average Bonchev–Trinajstić information content (AvgIpc) is 2.35. The summed E-state index contributed by atoms with van der Waals surface area (Å²) in [5.74, 6) is 0.174. The van der Waals surface area contributed by atoms with Gasteiger partial charge >= 0.3 is 0 Å². The van der Waals surface area contributed by atoms with Gasteiger partial charge in [-0.15, -0.1) is 0 Å². The Balaban J connectivity index is 2.10. The van der Waals surface area contributed by atoms with Crippen molar-refractivity contribution < 1.29 is 4.79 Å². The number of ketones is 1. The van der Waals surface area contributed by atoms with Crippen LogP contribution in [0, 0.1) is 0 Å². The van der Waals surface area contributed by atoms with Crippen LogP contribution < -0.4 is 10.9 Å². The van der Waals surface area contributed by atoms with Gasteiger partial charge in [0.05, 0.1) is 0 Å². The standard InChI is InChI=1S/C16H24N2O2/c1-16(2,3)17-10-5-11-18-13-6-4-7-14(19)12(13)8-9-15(18)20/h8-9,17H,4-7,10-11H2,1-3H3. The molecule has 0 unspecified atom stereocenters. The number of rotatable bonds is 4. The topological polar surface area (TPSA) is 51.1 Å². The van der Waals surface area contributed by atoms with Crippen molar-refractivity contribution in [3.63, 3.8) is 0 Å². The van der Waals surface area contributed by atoms with E-state index in [2.05, 4.69) is 26.1 Å². The molecule has 0 radical (unpaired) electrons. The van der Waals surface area contributed by atoms with E-state index in [0.717, 1.165) is 37.1 Å². The highest BCUT2D eigenvalue weighted by Crippen LogP contribution is 2.19. The predicted molar refractivity (Wildman–Crippen MR) is 80.3 cm³/mol. The van der Waals surface area contributed by atoms with Crippen LogP contribution in [-0.2, 0) is 13.0 Å². The zero-order chi connectivity index (χ0) is 14.8. The first kappa shape index (κ1) is 15.0. The summed E-state index contributed by atoms with van der Waals surface area (Å²) in [7, 11) is 0. The van der Waals surface area contributed by atoms with Gasteiger partial charge in [-0.1, -0.05) is 0 Å². The first-order chi connectivity index (χ1) is 9.38. The molecule has 4 heteroatoms. The quantitative estimate of drug-likeness (QED) is 0.857. The van der Waals surface area contributed by atoms with E-state index in [1.54, 1.807) is 10.6 Å². The monoisotopic (exact) mass is 276 g/mol. The van der Waals surface area contributed by atoms with E-state index in [-0.39, 0.29) is 16.9 Å². The number of hydrogen-bond acceptors (Lipinski definition) is 3. The fourth-order valence-corrected chi connectivity index (χ4v) is 2.64. The Kier molecular flexibility index (Phi) is 4.43. The minimum absolute atomic E-state index is 0.00853. The van der Waals surface area contributed by atoms with E-state index in [0.29, 0.717) is 13.0 Å². The van der Waals surface area contributed by atoms with Crippen LogP contribution in [0.15, 0.2) is 16.9 Å². The summed E-state index contributed by atoms with van der Waals surface area (Å²) in [5, 5.41) is 3.42. The van der Waals surface area contributed by atoms with Crippen LogP contribution >= 0.6 is 0 Å². The van der Waals surface area contributed by atoms with Gasteiger partial charge < -0.3 is 9.88 Å². The molecule has 1 N–H and O–H groups in total. The van der Waals surface area contributed by atoms with Gasteiger partial charge in [0.15, 0.2) is 5.78 Å². The first-order valence-corrected chi connectivity index (χ1v) is 7.39. The van der Waals surface area contributed by atoms with Gasteiger partial charge in [0, 0.05) is 35.8 Å². The minimum Gasteiger partial charge on any atom is -0.312 e. The predicted octanol–water partition coefficient (Wildman–Crippen LogP) is 2.15. The maximum absolute atomic E-state index is 12.0. The number of hydrogen-bond donors (Lipinski definition) is 1. The van der Waals surface area contributed by atoms with Gasteiger partial charge in [-0.25, -0.2) is 0 Å². The fraction of sp³-hybridized carbons (Fsp3) is 0.625. The second kappa shape index (κ2) is 5.92. The van der Waals surface area contributed by atoms with Crippen molar-refractivity contribution >= 4 is 5.78 Å². The normalized spacial score (nSPS) is 15.2. The Morgan fingerprint density at radius 1 is 1.20 bits per heavy atom. The highest BCUT2D eigenvalue weighted by atomic mass is 16.1. The third-order valence-corrected chi connectivity index (χ3v) is 3.63. The van der Waals surface area contributed by atoms with Crippen LogP contribution in [0.25, 0.3) is 0 Å². The van der Waals surface area contributed by atoms with Crippen molar-refractivity contribution in [1.82, 2.24) is 9.88 Å². The molecule has 1 aliphatic carbocycles. The van der Waals surface area contributed by atoms with E-state index in [1.807, 2.05) is 0 Å². The van der Waals surface area contributed by atoms with E-state index in [1.165, 1.54) is 6.07 Å². The number of carbonyl (C=O) groups is 1. The number of aromatic nitrogens is 1. The van der Waals surface area contributed by atoms with E-state index < -0.39 is 0 Å². The van der Waals surface area contributed by atoms with Crippen molar-refractivity contribution in [2.24, 2.45) is 0 Å². The van der Waals surface area contributed by atoms with Gasteiger partial charge in [-0.3, -0.25) is 9.59 Å². The summed E-state index contributed by atoms with van der Waals surface area (Å²) in [6.07, 6.45) is 3.19. The molecule has 4 nitrogen and oxygen atoms in total. The molecule has 0 saturated heterocycles. The zero-order valence-electron chi connectivity index (χ0n) is 12.7. The van der Waals surface area contributed by atoms with Crippen LogP contribution in [0.2, 0.25) is 0 Å². The molecule has 1 aromatic rings. The van der Waals surface area contributed by atoms with Gasteiger partial charge in [0.1, 0.15) is 0 Å². The van der Waals surface area contributed by atoms with Crippen LogP contribution in [0.4, 0.5) is 0 Å². The zero-order valence-corrected chi connectivity index (χ0v) is 12.7. The molecular formula is C16H24N2O2. The van der Waals surface area contributed by atoms with E-state index in [4.69, 9.17) is 0 Å². The third-order valence-electron chi connectivity index (χ3n) is 3.63. The summed E-state index contributed by atoms with van der Waals surface area (Å²) in [5.41, 5.74) is 1.79. The largest absolute Gasteiger partial charge is 0.312 e. The molecule has 1 aromatic heterocycles. The van der Waals surface area contributed by atoms with Crippen LogP contribution in [0.1, 0.15) is 56.1 Å². The summed E-state index contributed by atoms with van der Waals surface area (Å²) in [6, 6.07) is 3.22. The number of Topliss-reactive ketones (excluding diaryl/α,β-unsaturated/α-hetero) is 1. The second-order valence-electron chi connectivity index (χ2n) is 6.49. The van der Waals surface area contributed by atoms with Crippen molar-refractivity contribution in [3.8, 4) is 0 Å². The summed E-state index contributed by atoms with van der Waals surface area (Å²) < 4.78 is 1.79. The maximum Gasteiger partial charge on any atom is 0.250 e. The molecule has 0 bridgehead atoms. The number of pyridine rings is 1. The highest BCUT2D eigenvalue weighted by molar-refractivity contribution is 5.97. The van der Waals surface area contributed by atoms with Gasteiger partial charge in [-0.2, -0.15) is 0 Å². The van der Waals surface area contributed by atoms with Gasteiger partial charge in [0.25, 0.3) is 5.56 Å². The Morgan fingerprint density at radius 2 is 1.95 bits per heavy atom. The molecule has 2 rings (SSSR count). The Labute approximate surface area is 120 Å².